The maximum atomic E-state index is 13.2. The summed E-state index contributed by atoms with van der Waals surface area (Å²) in [6.45, 7) is 1.83. The second-order valence-electron chi connectivity index (χ2n) is 5.31. The highest BCUT2D eigenvalue weighted by Gasteiger charge is 2.86. The van der Waals surface area contributed by atoms with Crippen LogP contribution in [0.3, 0.4) is 0 Å². The molecule has 0 unspecified atom stereocenters. The van der Waals surface area contributed by atoms with Gasteiger partial charge in [-0.2, -0.15) is 74.6 Å². The van der Waals surface area contributed by atoms with Gasteiger partial charge in [0, 0.05) is 6.08 Å². The van der Waals surface area contributed by atoms with E-state index >= 15 is 0 Å². The molecule has 0 saturated heterocycles. The third-order valence-corrected chi connectivity index (χ3v) is 3.24. The van der Waals surface area contributed by atoms with Gasteiger partial charge in [-0.05, 0) is 6.08 Å². The van der Waals surface area contributed by atoms with Crippen molar-refractivity contribution in [2.45, 2.75) is 47.6 Å². The number of hydrogen-bond donors (Lipinski definition) is 0. The molecule has 0 spiro atoms. The van der Waals surface area contributed by atoms with E-state index < -0.39 is 65.6 Å². The molecular formula is C12H4F18. The SMILES string of the molecule is C=CC(F)(F)C(F)(F)C(F)(F)C(F)(F)C(F)(F)/C=C(\F)C(F)(F)C(F)(F)C(F)(F)F. The Kier molecular flexibility index (Phi) is 6.71. The van der Waals surface area contributed by atoms with Gasteiger partial charge in [-0.25, -0.2) is 4.39 Å². The van der Waals surface area contributed by atoms with Crippen molar-refractivity contribution in [1.82, 2.24) is 0 Å². The van der Waals surface area contributed by atoms with E-state index in [4.69, 9.17) is 0 Å². The minimum absolute atomic E-state index is 1.41. The summed E-state index contributed by atoms with van der Waals surface area (Å²) in [5, 5.41) is 0. The Labute approximate surface area is 152 Å². The standard InChI is InChI=1S/C12H4F18/c1-2-5(14,15)8(20,21)11(26,27)9(22,23)6(16,17)3-4(13)7(18,19)10(24,25)12(28,29)30/h2-3H,1H2/b4-3-. The van der Waals surface area contributed by atoms with E-state index in [1.54, 1.807) is 0 Å². The zero-order valence-electron chi connectivity index (χ0n) is 13.2. The van der Waals surface area contributed by atoms with Crippen LogP contribution in [0.4, 0.5) is 79.0 Å². The Morgan fingerprint density at radius 3 is 1.13 bits per heavy atom. The third-order valence-electron chi connectivity index (χ3n) is 3.24. The lowest BCUT2D eigenvalue weighted by Crippen LogP contribution is -2.66. The van der Waals surface area contributed by atoms with Crippen molar-refractivity contribution in [1.29, 1.82) is 0 Å². The van der Waals surface area contributed by atoms with Crippen LogP contribution in [0.1, 0.15) is 0 Å². The maximum Gasteiger partial charge on any atom is 0.460 e. The van der Waals surface area contributed by atoms with E-state index in [0.717, 1.165) is 0 Å². The number of alkyl halides is 17. The van der Waals surface area contributed by atoms with Crippen LogP contribution in [0, 0.1) is 0 Å². The minimum atomic E-state index is -7.93. The number of halogens is 18. The first kappa shape index (κ1) is 28.2. The quantitative estimate of drug-likeness (QED) is 0.253. The van der Waals surface area contributed by atoms with Gasteiger partial charge in [-0.3, -0.25) is 0 Å². The first-order valence-corrected chi connectivity index (χ1v) is 6.43. The molecule has 0 aliphatic rings. The van der Waals surface area contributed by atoms with Crippen molar-refractivity contribution >= 4 is 0 Å². The third kappa shape index (κ3) is 3.80. The summed E-state index contributed by atoms with van der Waals surface area (Å²) in [5.41, 5.74) is 0. The van der Waals surface area contributed by atoms with Gasteiger partial charge >= 0.3 is 47.6 Å². The number of allylic oxidation sites excluding steroid dienone is 3. The predicted molar refractivity (Wildman–Crippen MR) is 60.1 cm³/mol. The molecule has 0 bridgehead atoms. The molecule has 0 nitrogen and oxygen atoms in total. The molecule has 0 fully saturated rings. The highest BCUT2D eigenvalue weighted by atomic mass is 19.4. The average molecular weight is 490 g/mol. The fourth-order valence-corrected chi connectivity index (χ4v) is 1.41. The van der Waals surface area contributed by atoms with Crippen LogP contribution in [0.15, 0.2) is 24.6 Å². The molecule has 0 radical (unpaired) electrons. The fraction of sp³-hybridized carbons (Fsp3) is 0.667. The minimum Gasteiger partial charge on any atom is -0.205 e. The molecule has 0 aliphatic heterocycles. The van der Waals surface area contributed by atoms with Gasteiger partial charge in [-0.15, -0.1) is 0 Å². The second kappa shape index (κ2) is 7.13. The lowest BCUT2D eigenvalue weighted by Gasteiger charge is -2.38. The van der Waals surface area contributed by atoms with Crippen LogP contribution >= 0.6 is 0 Å². The largest absolute Gasteiger partial charge is 0.460 e. The van der Waals surface area contributed by atoms with Crippen LogP contribution in [0.25, 0.3) is 0 Å². The Balaban J connectivity index is 6.58. The monoisotopic (exact) mass is 490 g/mol. The van der Waals surface area contributed by atoms with Crippen molar-refractivity contribution in [2.24, 2.45) is 0 Å². The summed E-state index contributed by atoms with van der Waals surface area (Å²) >= 11 is 0. The molecular weight excluding hydrogens is 486 g/mol. The van der Waals surface area contributed by atoms with Gasteiger partial charge in [0.15, 0.2) is 5.83 Å². The van der Waals surface area contributed by atoms with Crippen LogP contribution < -0.4 is 0 Å². The first-order valence-electron chi connectivity index (χ1n) is 6.43. The molecule has 18 heteroatoms. The van der Waals surface area contributed by atoms with E-state index in [1.807, 2.05) is 6.58 Å². The topological polar surface area (TPSA) is 0 Å². The average Bonchev–Trinajstić information content (AvgIpc) is 2.52. The molecule has 0 aromatic rings. The highest BCUT2D eigenvalue weighted by Crippen LogP contribution is 2.58. The van der Waals surface area contributed by atoms with Crippen LogP contribution in [-0.2, 0) is 0 Å². The zero-order chi connectivity index (χ0) is 25.0. The fourth-order valence-electron chi connectivity index (χ4n) is 1.41. The summed E-state index contributed by atoms with van der Waals surface area (Å²) in [4.78, 5) is 0. The van der Waals surface area contributed by atoms with Crippen LogP contribution in [0.2, 0.25) is 0 Å². The predicted octanol–water partition coefficient (Wildman–Crippen LogP) is 7.04. The Bertz CT molecular complexity index is 678. The van der Waals surface area contributed by atoms with Crippen molar-refractivity contribution < 1.29 is 79.0 Å². The van der Waals surface area contributed by atoms with Gasteiger partial charge in [0.2, 0.25) is 0 Å². The number of hydrogen-bond acceptors (Lipinski definition) is 0. The van der Waals surface area contributed by atoms with Crippen LogP contribution in [0.5, 0.6) is 0 Å². The molecule has 0 saturated carbocycles. The molecule has 0 aromatic carbocycles. The highest BCUT2D eigenvalue weighted by molar-refractivity contribution is 5.22. The molecule has 0 aliphatic carbocycles. The van der Waals surface area contributed by atoms with Crippen molar-refractivity contribution in [3.8, 4) is 0 Å². The second-order valence-corrected chi connectivity index (χ2v) is 5.31. The Morgan fingerprint density at radius 2 is 0.833 bits per heavy atom. The zero-order valence-corrected chi connectivity index (χ0v) is 13.2. The molecule has 0 rings (SSSR count). The van der Waals surface area contributed by atoms with Crippen molar-refractivity contribution in [3.05, 3.63) is 24.6 Å². The summed E-state index contributed by atoms with van der Waals surface area (Å²) < 4.78 is 229. The maximum absolute atomic E-state index is 13.2. The van der Waals surface area contributed by atoms with Crippen molar-refractivity contribution in [3.63, 3.8) is 0 Å². The lowest BCUT2D eigenvalue weighted by atomic mass is 9.93. The summed E-state index contributed by atoms with van der Waals surface area (Å²) in [7, 11) is 0. The molecule has 0 atom stereocenters. The van der Waals surface area contributed by atoms with Gasteiger partial charge in [0.1, 0.15) is 0 Å². The summed E-state index contributed by atoms with van der Waals surface area (Å²) in [6.07, 6.45) is -11.8. The normalized spacial score (nSPS) is 16.7. The van der Waals surface area contributed by atoms with E-state index in [9.17, 15) is 79.0 Å². The van der Waals surface area contributed by atoms with Crippen LogP contribution in [-0.4, -0.2) is 47.6 Å². The number of rotatable bonds is 8. The van der Waals surface area contributed by atoms with Gasteiger partial charge in [0.25, 0.3) is 0 Å². The van der Waals surface area contributed by atoms with Gasteiger partial charge in [0.05, 0.1) is 0 Å². The first-order chi connectivity index (χ1) is 12.7. The Morgan fingerprint density at radius 1 is 0.500 bits per heavy atom. The Hall–Kier alpha value is -1.78. The smallest absolute Gasteiger partial charge is 0.205 e. The van der Waals surface area contributed by atoms with E-state index in [0.29, 0.717) is 0 Å². The summed E-state index contributed by atoms with van der Waals surface area (Å²) in [5.74, 6) is -56.9. The molecule has 178 valence electrons. The molecule has 30 heavy (non-hydrogen) atoms. The van der Waals surface area contributed by atoms with Crippen molar-refractivity contribution in [2.75, 3.05) is 0 Å². The molecule has 0 heterocycles. The molecule has 0 amide bonds. The van der Waals surface area contributed by atoms with E-state index in [2.05, 4.69) is 0 Å². The lowest BCUT2D eigenvalue weighted by molar-refractivity contribution is -0.387. The van der Waals surface area contributed by atoms with E-state index in [-0.39, 0.29) is 0 Å². The molecule has 0 aromatic heterocycles. The van der Waals surface area contributed by atoms with Gasteiger partial charge in [-0.1, -0.05) is 6.58 Å². The van der Waals surface area contributed by atoms with Gasteiger partial charge < -0.3 is 0 Å². The van der Waals surface area contributed by atoms with E-state index in [1.165, 1.54) is 0 Å². The summed E-state index contributed by atoms with van der Waals surface area (Å²) in [6, 6.07) is 0. The molecule has 0 N–H and O–H groups in total.